The fourth-order valence-electron chi connectivity index (χ4n) is 2.58. The third-order valence-electron chi connectivity index (χ3n) is 3.95. The second-order valence-corrected chi connectivity index (χ2v) is 8.35. The molecule has 0 unspecified atom stereocenters. The van der Waals surface area contributed by atoms with Crippen LogP contribution in [0.3, 0.4) is 0 Å². The van der Waals surface area contributed by atoms with Crippen LogP contribution in [0.15, 0.2) is 45.7 Å². The highest BCUT2D eigenvalue weighted by atomic mass is 32.2. The van der Waals surface area contributed by atoms with E-state index in [1.807, 2.05) is 19.1 Å². The quantitative estimate of drug-likeness (QED) is 0.547. The monoisotopic (exact) mass is 432 g/mol. The molecule has 0 aliphatic carbocycles. The summed E-state index contributed by atoms with van der Waals surface area (Å²) < 4.78 is 12.9. The number of methoxy groups -OCH3 is 2. The molecule has 2 heterocycles. The summed E-state index contributed by atoms with van der Waals surface area (Å²) in [5, 5.41) is 11.8. The Morgan fingerprint density at radius 2 is 1.97 bits per heavy atom. The summed E-state index contributed by atoms with van der Waals surface area (Å²) in [6.07, 6.45) is 1.55. The Labute approximate surface area is 175 Å². The van der Waals surface area contributed by atoms with Crippen molar-refractivity contribution in [2.75, 3.05) is 19.5 Å². The Balaban J connectivity index is 1.80. The van der Waals surface area contributed by atoms with Crippen LogP contribution in [0.1, 0.15) is 10.7 Å². The standard InChI is InChI=1S/C19H20N4O4S2/c1-12-21-22-19(29-12)28-11-13-8-15(24)17(27-3)9-23(13)10-18(25)20-14-6-4-5-7-16(14)26-2/h4-9H,10-11H2,1-3H3,(H,20,25). The van der Waals surface area contributed by atoms with Crippen LogP contribution >= 0.6 is 23.1 Å². The topological polar surface area (TPSA) is 95.3 Å². The Kier molecular flexibility index (Phi) is 6.89. The lowest BCUT2D eigenvalue weighted by atomic mass is 10.3. The zero-order valence-corrected chi connectivity index (χ0v) is 17.8. The number of thioether (sulfide) groups is 1. The van der Waals surface area contributed by atoms with Crippen molar-refractivity contribution in [2.24, 2.45) is 0 Å². The second-order valence-electron chi connectivity index (χ2n) is 5.95. The average molecular weight is 433 g/mol. The zero-order chi connectivity index (χ0) is 20.8. The molecule has 8 nitrogen and oxygen atoms in total. The molecule has 0 bridgehead atoms. The van der Waals surface area contributed by atoms with Gasteiger partial charge in [0.25, 0.3) is 0 Å². The SMILES string of the molecule is COc1ccccc1NC(=O)Cn1cc(OC)c(=O)cc1CSc1nnc(C)s1. The van der Waals surface area contributed by atoms with Crippen molar-refractivity contribution < 1.29 is 14.3 Å². The summed E-state index contributed by atoms with van der Waals surface area (Å²) in [6.45, 7) is 1.90. The van der Waals surface area contributed by atoms with E-state index in [1.165, 1.54) is 36.3 Å². The molecule has 152 valence electrons. The number of benzene rings is 1. The zero-order valence-electron chi connectivity index (χ0n) is 16.2. The lowest BCUT2D eigenvalue weighted by Crippen LogP contribution is -2.23. The highest BCUT2D eigenvalue weighted by molar-refractivity contribution is 8.00. The maximum absolute atomic E-state index is 12.6. The van der Waals surface area contributed by atoms with Gasteiger partial charge in [0.15, 0.2) is 10.1 Å². The van der Waals surface area contributed by atoms with E-state index < -0.39 is 0 Å². The molecule has 0 spiro atoms. The van der Waals surface area contributed by atoms with Crippen molar-refractivity contribution in [3.05, 3.63) is 57.5 Å². The summed E-state index contributed by atoms with van der Waals surface area (Å²) >= 11 is 2.94. The number of carbonyl (C=O) groups excluding carboxylic acids is 1. The van der Waals surface area contributed by atoms with Gasteiger partial charge in [-0.05, 0) is 19.1 Å². The molecule has 0 fully saturated rings. The fraction of sp³-hybridized carbons (Fsp3) is 0.263. The van der Waals surface area contributed by atoms with E-state index in [0.717, 1.165) is 9.35 Å². The third-order valence-corrected chi connectivity index (χ3v) is 5.95. The molecule has 3 aromatic rings. The predicted molar refractivity (Wildman–Crippen MR) is 113 cm³/mol. The number of para-hydroxylation sites is 2. The maximum Gasteiger partial charge on any atom is 0.244 e. The highest BCUT2D eigenvalue weighted by Gasteiger charge is 2.13. The molecule has 0 aliphatic rings. The maximum atomic E-state index is 12.6. The third kappa shape index (κ3) is 5.36. The minimum atomic E-state index is -0.252. The van der Waals surface area contributed by atoms with E-state index in [4.69, 9.17) is 9.47 Å². The summed E-state index contributed by atoms with van der Waals surface area (Å²) in [4.78, 5) is 24.8. The van der Waals surface area contributed by atoms with Crippen molar-refractivity contribution >= 4 is 34.7 Å². The van der Waals surface area contributed by atoms with Crippen molar-refractivity contribution in [1.29, 1.82) is 0 Å². The molecular weight excluding hydrogens is 412 g/mol. The van der Waals surface area contributed by atoms with Gasteiger partial charge in [-0.3, -0.25) is 9.59 Å². The summed E-state index contributed by atoms with van der Waals surface area (Å²) in [5.74, 6) is 0.963. The first-order valence-corrected chi connectivity index (χ1v) is 10.4. The number of hydrogen-bond acceptors (Lipinski definition) is 8. The molecule has 1 aromatic carbocycles. The van der Waals surface area contributed by atoms with Gasteiger partial charge in [0.05, 0.1) is 26.1 Å². The predicted octanol–water partition coefficient (Wildman–Crippen LogP) is 2.96. The number of hydrogen-bond donors (Lipinski definition) is 1. The molecule has 1 N–H and O–H groups in total. The van der Waals surface area contributed by atoms with Gasteiger partial charge in [0.1, 0.15) is 17.3 Å². The molecule has 0 atom stereocenters. The molecule has 10 heteroatoms. The van der Waals surface area contributed by atoms with Gasteiger partial charge < -0.3 is 19.4 Å². The molecular formula is C19H20N4O4S2. The largest absolute Gasteiger partial charge is 0.495 e. The van der Waals surface area contributed by atoms with Crippen LogP contribution in [0.2, 0.25) is 0 Å². The normalized spacial score (nSPS) is 10.6. The number of aryl methyl sites for hydroxylation is 1. The lowest BCUT2D eigenvalue weighted by Gasteiger charge is -2.15. The summed E-state index contributed by atoms with van der Waals surface area (Å²) in [5.41, 5.74) is 1.02. The van der Waals surface area contributed by atoms with Crippen LogP contribution in [-0.2, 0) is 17.1 Å². The summed E-state index contributed by atoms with van der Waals surface area (Å²) in [7, 11) is 2.97. The molecule has 0 saturated carbocycles. The van der Waals surface area contributed by atoms with E-state index in [1.54, 1.807) is 30.0 Å². The minimum absolute atomic E-state index is 0.0136. The van der Waals surface area contributed by atoms with Gasteiger partial charge in [-0.2, -0.15) is 0 Å². The molecule has 1 amide bonds. The smallest absolute Gasteiger partial charge is 0.244 e. The lowest BCUT2D eigenvalue weighted by molar-refractivity contribution is -0.116. The van der Waals surface area contributed by atoms with Crippen LogP contribution in [0, 0.1) is 6.92 Å². The minimum Gasteiger partial charge on any atom is -0.495 e. The van der Waals surface area contributed by atoms with Gasteiger partial charge in [0.2, 0.25) is 11.3 Å². The fourth-order valence-corrected chi connectivity index (χ4v) is 4.39. The number of nitrogens with zero attached hydrogens (tertiary/aromatic N) is 3. The van der Waals surface area contributed by atoms with Crippen molar-refractivity contribution in [1.82, 2.24) is 14.8 Å². The van der Waals surface area contributed by atoms with Crippen LogP contribution in [-0.4, -0.2) is 34.9 Å². The molecule has 0 radical (unpaired) electrons. The van der Waals surface area contributed by atoms with E-state index >= 15 is 0 Å². The number of ether oxygens (including phenoxy) is 2. The van der Waals surface area contributed by atoms with Gasteiger partial charge in [-0.15, -0.1) is 10.2 Å². The average Bonchev–Trinajstić information content (AvgIpc) is 3.13. The van der Waals surface area contributed by atoms with Crippen LogP contribution in [0.4, 0.5) is 5.69 Å². The first kappa shape index (κ1) is 20.9. The number of nitrogens with one attached hydrogen (secondary N) is 1. The van der Waals surface area contributed by atoms with Gasteiger partial charge in [-0.25, -0.2) is 0 Å². The Hall–Kier alpha value is -2.85. The van der Waals surface area contributed by atoms with E-state index in [2.05, 4.69) is 15.5 Å². The number of anilines is 1. The van der Waals surface area contributed by atoms with Crippen LogP contribution in [0.25, 0.3) is 0 Å². The van der Waals surface area contributed by atoms with Crippen molar-refractivity contribution in [2.45, 2.75) is 23.6 Å². The van der Waals surface area contributed by atoms with Crippen molar-refractivity contribution in [3.63, 3.8) is 0 Å². The van der Waals surface area contributed by atoms with E-state index in [0.29, 0.717) is 22.9 Å². The first-order chi connectivity index (χ1) is 14.0. The van der Waals surface area contributed by atoms with Gasteiger partial charge in [-0.1, -0.05) is 35.2 Å². The first-order valence-electron chi connectivity index (χ1n) is 8.63. The number of carbonyl (C=O) groups is 1. The van der Waals surface area contributed by atoms with Crippen LogP contribution in [0.5, 0.6) is 11.5 Å². The van der Waals surface area contributed by atoms with Gasteiger partial charge in [0, 0.05) is 17.5 Å². The highest BCUT2D eigenvalue weighted by Crippen LogP contribution is 2.26. The Morgan fingerprint density at radius 1 is 1.21 bits per heavy atom. The Morgan fingerprint density at radius 3 is 2.66 bits per heavy atom. The molecule has 0 saturated heterocycles. The number of aromatic nitrogens is 3. The molecule has 2 aromatic heterocycles. The van der Waals surface area contributed by atoms with E-state index in [9.17, 15) is 9.59 Å². The summed E-state index contributed by atoms with van der Waals surface area (Å²) in [6, 6.07) is 8.65. The van der Waals surface area contributed by atoms with E-state index in [-0.39, 0.29) is 23.6 Å². The number of amides is 1. The molecule has 3 rings (SSSR count). The van der Waals surface area contributed by atoms with Gasteiger partial charge >= 0.3 is 0 Å². The van der Waals surface area contributed by atoms with Crippen molar-refractivity contribution in [3.8, 4) is 11.5 Å². The second kappa shape index (κ2) is 9.57. The Bertz CT molecular complexity index is 1060. The molecule has 29 heavy (non-hydrogen) atoms. The number of pyridine rings is 1. The molecule has 0 aliphatic heterocycles. The van der Waals surface area contributed by atoms with Crippen LogP contribution < -0.4 is 20.2 Å². The number of rotatable bonds is 8.